The van der Waals surface area contributed by atoms with Crippen LogP contribution in [-0.2, 0) is 24.0 Å². The van der Waals surface area contributed by atoms with Gasteiger partial charge in [0.1, 0.15) is 0 Å². The Morgan fingerprint density at radius 1 is 1.28 bits per heavy atom. The van der Waals surface area contributed by atoms with Gasteiger partial charge in [-0.1, -0.05) is 30.3 Å². The number of hydrogen-bond acceptors (Lipinski definition) is 8. The van der Waals surface area contributed by atoms with Gasteiger partial charge in [0.05, 0.1) is 13.2 Å². The first-order valence-corrected chi connectivity index (χ1v) is 10.1. The fourth-order valence-electron chi connectivity index (χ4n) is 2.05. The van der Waals surface area contributed by atoms with Gasteiger partial charge in [-0.15, -0.1) is 4.91 Å². The Hall–Kier alpha value is -1.20. The number of nitrogens with zero attached hydrogens (tertiary/aromatic N) is 1. The van der Waals surface area contributed by atoms with E-state index in [1.807, 2.05) is 0 Å². The van der Waals surface area contributed by atoms with Crippen LogP contribution in [0.15, 0.2) is 35.5 Å². The number of rotatable bonds is 8. The predicted molar refractivity (Wildman–Crippen MR) is 90.2 cm³/mol. The van der Waals surface area contributed by atoms with Gasteiger partial charge in [0.2, 0.25) is 10.4 Å². The summed E-state index contributed by atoms with van der Waals surface area (Å²) in [6.45, 7) is 5.00. The molecular weight excluding hydrogens is 377 g/mol. The number of nitroso groups, excluding NO2 is 1. The zero-order valence-electron chi connectivity index (χ0n) is 14.0. The average molecular weight is 399 g/mol. The zero-order chi connectivity index (χ0) is 19.7. The summed E-state index contributed by atoms with van der Waals surface area (Å²) < 4.78 is 56.4. The first-order valence-electron chi connectivity index (χ1n) is 7.12. The van der Waals surface area contributed by atoms with Crippen molar-refractivity contribution in [1.29, 1.82) is 0 Å². The molecule has 0 spiro atoms. The lowest BCUT2D eigenvalue weighted by molar-refractivity contribution is 0.0485. The molecule has 0 aromatic heterocycles. The Kier molecular flexibility index (Phi) is 9.59. The lowest BCUT2D eigenvalue weighted by atomic mass is 10.0. The van der Waals surface area contributed by atoms with Crippen molar-refractivity contribution in [2.24, 2.45) is 5.18 Å². The van der Waals surface area contributed by atoms with Gasteiger partial charge in [-0.3, -0.25) is 9.12 Å². The van der Waals surface area contributed by atoms with Crippen LogP contribution in [-0.4, -0.2) is 41.6 Å². The largest absolute Gasteiger partial charge is 0.726 e. The van der Waals surface area contributed by atoms with Crippen LogP contribution in [0.25, 0.3) is 0 Å². The van der Waals surface area contributed by atoms with Crippen molar-refractivity contribution >= 4 is 18.0 Å². The number of hydrogen-bond donors (Lipinski definition) is 1. The summed E-state index contributed by atoms with van der Waals surface area (Å²) in [6, 6.07) is 8.65. The maximum absolute atomic E-state index is 13.0. The summed E-state index contributed by atoms with van der Waals surface area (Å²) in [5.74, 6) is 0. The normalized spacial score (nSPS) is 15.4. The minimum Gasteiger partial charge on any atom is -0.726 e. The molecule has 25 heavy (non-hydrogen) atoms. The van der Waals surface area contributed by atoms with Crippen molar-refractivity contribution in [3.63, 3.8) is 0 Å². The molecule has 1 rings (SSSR count). The van der Waals surface area contributed by atoms with E-state index in [-0.39, 0.29) is 13.2 Å². The van der Waals surface area contributed by atoms with Gasteiger partial charge >= 0.3 is 13.3 Å². The van der Waals surface area contributed by atoms with Gasteiger partial charge in [-0.05, 0) is 19.4 Å². The van der Waals surface area contributed by atoms with Crippen molar-refractivity contribution in [3.8, 4) is 0 Å². The highest BCUT2D eigenvalue weighted by atomic mass is 32.3. The summed E-state index contributed by atoms with van der Waals surface area (Å²) in [4.78, 5) is 11.0. The van der Waals surface area contributed by atoms with Crippen LogP contribution >= 0.6 is 7.60 Å². The van der Waals surface area contributed by atoms with Crippen LogP contribution in [0, 0.1) is 4.91 Å². The molecule has 3 N–H and O–H groups in total. The van der Waals surface area contributed by atoms with Crippen molar-refractivity contribution in [2.75, 3.05) is 13.2 Å². The molecule has 1 aromatic rings. The SMILES string of the molecule is CCOP(=O)(OCC)C(c1ccccc1)C(C)([OH2+])N=O.O=S(=O)([O-])O. The van der Waals surface area contributed by atoms with E-state index in [0.717, 1.165) is 0 Å². The van der Waals surface area contributed by atoms with Crippen LogP contribution in [0.3, 0.4) is 0 Å². The fourth-order valence-corrected chi connectivity index (χ4v) is 4.34. The molecule has 0 fully saturated rings. The van der Waals surface area contributed by atoms with Crippen molar-refractivity contribution in [2.45, 2.75) is 32.2 Å². The molecule has 0 saturated heterocycles. The fraction of sp³-hybridized carbons (Fsp3) is 0.538. The molecule has 0 radical (unpaired) electrons. The van der Waals surface area contributed by atoms with E-state index in [1.165, 1.54) is 6.92 Å². The van der Waals surface area contributed by atoms with E-state index in [4.69, 9.17) is 31.7 Å². The molecule has 2 unspecified atom stereocenters. The van der Waals surface area contributed by atoms with E-state index in [9.17, 15) is 9.47 Å². The first-order chi connectivity index (χ1) is 11.4. The van der Waals surface area contributed by atoms with E-state index in [1.54, 1.807) is 44.2 Å². The second-order valence-corrected chi connectivity index (χ2v) is 7.82. The monoisotopic (exact) mass is 399 g/mol. The second kappa shape index (κ2) is 10.1. The Labute approximate surface area is 146 Å². The number of benzene rings is 1. The molecule has 0 aliphatic heterocycles. The molecule has 0 saturated carbocycles. The third-order valence-corrected chi connectivity index (χ3v) is 5.44. The molecule has 10 nitrogen and oxygen atoms in total. The molecule has 0 aliphatic rings. The Morgan fingerprint density at radius 3 is 2.00 bits per heavy atom. The Balaban J connectivity index is 0.00000101. The van der Waals surface area contributed by atoms with Gasteiger partial charge < -0.3 is 18.7 Å². The average Bonchev–Trinajstić information content (AvgIpc) is 2.47. The van der Waals surface area contributed by atoms with Gasteiger partial charge in [0.25, 0.3) is 0 Å². The van der Waals surface area contributed by atoms with Crippen LogP contribution in [0.1, 0.15) is 32.0 Å². The summed E-state index contributed by atoms with van der Waals surface area (Å²) >= 11 is 0. The van der Waals surface area contributed by atoms with Crippen molar-refractivity contribution in [3.05, 3.63) is 40.8 Å². The highest BCUT2D eigenvalue weighted by molar-refractivity contribution is 7.79. The lowest BCUT2D eigenvalue weighted by Gasteiger charge is -2.29. The third-order valence-electron chi connectivity index (χ3n) is 2.77. The molecular formula is C13H22NO9PS. The minimum absolute atomic E-state index is 0.162. The first kappa shape index (κ1) is 23.8. The maximum Gasteiger partial charge on any atom is 0.348 e. The maximum atomic E-state index is 13.0. The molecule has 12 heteroatoms. The molecule has 2 atom stereocenters. The molecule has 0 aliphatic carbocycles. The third kappa shape index (κ3) is 8.63. The Bertz CT molecular complexity index is 660. The molecule has 144 valence electrons. The van der Waals surface area contributed by atoms with Crippen molar-refractivity contribution < 1.29 is 36.2 Å². The van der Waals surface area contributed by atoms with Crippen LogP contribution in [0.4, 0.5) is 0 Å². The van der Waals surface area contributed by atoms with Crippen LogP contribution in [0.5, 0.6) is 0 Å². The Morgan fingerprint density at radius 2 is 1.68 bits per heavy atom. The summed E-state index contributed by atoms with van der Waals surface area (Å²) in [6.07, 6.45) is 0. The topological polar surface area (TPSA) is 165 Å². The summed E-state index contributed by atoms with van der Waals surface area (Å²) in [7, 11) is -8.59. The smallest absolute Gasteiger partial charge is 0.348 e. The molecule has 1 aromatic carbocycles. The van der Waals surface area contributed by atoms with E-state index in [2.05, 4.69) is 5.18 Å². The minimum atomic E-state index is -4.92. The molecule has 0 bridgehead atoms. The van der Waals surface area contributed by atoms with Crippen LogP contribution in [0.2, 0.25) is 0 Å². The molecule has 0 amide bonds. The summed E-state index contributed by atoms with van der Waals surface area (Å²) in [5, 5.41) is 10.9. The van der Waals surface area contributed by atoms with Gasteiger partial charge in [0.15, 0.2) is 5.66 Å². The zero-order valence-corrected chi connectivity index (χ0v) is 15.7. The van der Waals surface area contributed by atoms with Gasteiger partial charge in [0, 0.05) is 12.1 Å². The molecule has 0 heterocycles. The summed E-state index contributed by atoms with van der Waals surface area (Å²) in [5.41, 5.74) is -2.37. The van der Waals surface area contributed by atoms with E-state index in [0.29, 0.717) is 5.56 Å². The highest BCUT2D eigenvalue weighted by Gasteiger charge is 2.53. The van der Waals surface area contributed by atoms with Crippen LogP contribution < -0.4 is 0 Å². The van der Waals surface area contributed by atoms with Crippen molar-refractivity contribution in [1.82, 2.24) is 0 Å². The van der Waals surface area contributed by atoms with E-state index < -0.39 is 29.4 Å². The predicted octanol–water partition coefficient (Wildman–Crippen LogP) is 2.21. The quantitative estimate of drug-likeness (QED) is 0.228. The van der Waals surface area contributed by atoms with E-state index >= 15 is 0 Å². The highest BCUT2D eigenvalue weighted by Crippen LogP contribution is 2.64. The van der Waals surface area contributed by atoms with Gasteiger partial charge in [-0.25, -0.2) is 8.42 Å². The van der Waals surface area contributed by atoms with Gasteiger partial charge in [-0.2, -0.15) is 0 Å². The standard InChI is InChI=1S/C13H20NO5P.H2O4S/c1-4-18-20(17,19-5-2)12(13(3,15)14-16)11-9-7-6-8-10-11;1-5(2,3)4/h6-10,12,15H,4-5H2,1-3H3;(H2,1,2,3,4). The lowest BCUT2D eigenvalue weighted by Crippen LogP contribution is -2.31. The second-order valence-electron chi connectivity index (χ2n) is 4.86.